The monoisotopic (exact) mass is 417 g/mol. The quantitative estimate of drug-likeness (QED) is 0.641. The predicted molar refractivity (Wildman–Crippen MR) is 117 cm³/mol. The van der Waals surface area contributed by atoms with Crippen molar-refractivity contribution in [1.82, 2.24) is 10.4 Å². The van der Waals surface area contributed by atoms with E-state index in [1.807, 2.05) is 48.5 Å². The van der Waals surface area contributed by atoms with Crippen molar-refractivity contribution < 1.29 is 19.1 Å². The van der Waals surface area contributed by atoms with Gasteiger partial charge in [0.05, 0.1) is 26.2 Å². The number of rotatable bonds is 6. The first-order valence-corrected chi connectivity index (χ1v) is 9.85. The number of nitrogens with one attached hydrogen (secondary N) is 2. The molecule has 0 aromatic heterocycles. The standard InChI is InChI=1S/C24H23N3O4/c1-30-20-13-12-17(15-21(20)31-2)23-25-19-11-7-6-10-18(19)24(29)27(23)26-22(28)14-16-8-4-3-5-9-16/h3-13,15,23,25H,14H2,1-2H3,(H,26,28). The molecule has 3 aromatic rings. The Kier molecular flexibility index (Phi) is 5.75. The van der Waals surface area contributed by atoms with Crippen molar-refractivity contribution in [2.45, 2.75) is 12.6 Å². The third-order valence-corrected chi connectivity index (χ3v) is 5.10. The Morgan fingerprint density at radius 1 is 0.968 bits per heavy atom. The van der Waals surface area contributed by atoms with Crippen LogP contribution in [0.25, 0.3) is 0 Å². The Bertz CT molecular complexity index is 1100. The first-order valence-electron chi connectivity index (χ1n) is 9.85. The van der Waals surface area contributed by atoms with Gasteiger partial charge in [0.15, 0.2) is 11.5 Å². The van der Waals surface area contributed by atoms with Gasteiger partial charge >= 0.3 is 0 Å². The molecule has 1 unspecified atom stereocenters. The smallest absolute Gasteiger partial charge is 0.276 e. The number of hydrogen-bond donors (Lipinski definition) is 2. The van der Waals surface area contributed by atoms with Crippen LogP contribution >= 0.6 is 0 Å². The van der Waals surface area contributed by atoms with Gasteiger partial charge < -0.3 is 14.8 Å². The lowest BCUT2D eigenvalue weighted by Crippen LogP contribution is -2.53. The highest BCUT2D eigenvalue weighted by molar-refractivity contribution is 6.02. The minimum absolute atomic E-state index is 0.158. The van der Waals surface area contributed by atoms with E-state index in [-0.39, 0.29) is 18.2 Å². The Morgan fingerprint density at radius 2 is 1.68 bits per heavy atom. The molecule has 1 aliphatic heterocycles. The molecule has 158 valence electrons. The number of nitrogens with zero attached hydrogens (tertiary/aromatic N) is 1. The molecule has 3 aromatic carbocycles. The molecule has 1 heterocycles. The highest BCUT2D eigenvalue weighted by Crippen LogP contribution is 2.36. The van der Waals surface area contributed by atoms with Gasteiger partial charge in [-0.1, -0.05) is 48.5 Å². The summed E-state index contributed by atoms with van der Waals surface area (Å²) >= 11 is 0. The summed E-state index contributed by atoms with van der Waals surface area (Å²) in [4.78, 5) is 26.0. The van der Waals surface area contributed by atoms with E-state index in [2.05, 4.69) is 10.7 Å². The molecule has 1 aliphatic rings. The maximum atomic E-state index is 13.3. The zero-order valence-corrected chi connectivity index (χ0v) is 17.3. The van der Waals surface area contributed by atoms with Crippen molar-refractivity contribution in [2.75, 3.05) is 19.5 Å². The second kappa shape index (κ2) is 8.79. The van der Waals surface area contributed by atoms with Crippen LogP contribution < -0.4 is 20.2 Å². The second-order valence-electron chi connectivity index (χ2n) is 7.08. The van der Waals surface area contributed by atoms with Gasteiger partial charge in [-0.05, 0) is 29.8 Å². The molecule has 4 rings (SSSR count). The van der Waals surface area contributed by atoms with Gasteiger partial charge in [-0.2, -0.15) is 0 Å². The van der Waals surface area contributed by atoms with E-state index >= 15 is 0 Å². The summed E-state index contributed by atoms with van der Waals surface area (Å²) in [7, 11) is 3.11. The lowest BCUT2D eigenvalue weighted by molar-refractivity contribution is -0.125. The van der Waals surface area contributed by atoms with E-state index in [0.717, 1.165) is 11.1 Å². The van der Waals surface area contributed by atoms with E-state index < -0.39 is 6.17 Å². The molecule has 2 amide bonds. The molecular formula is C24H23N3O4. The number of methoxy groups -OCH3 is 2. The molecule has 0 saturated carbocycles. The van der Waals surface area contributed by atoms with Gasteiger partial charge in [-0.3, -0.25) is 15.0 Å². The van der Waals surface area contributed by atoms with Gasteiger partial charge in [0.25, 0.3) is 5.91 Å². The molecule has 0 radical (unpaired) electrons. The Hall–Kier alpha value is -4.00. The van der Waals surface area contributed by atoms with Crippen LogP contribution in [0.4, 0.5) is 5.69 Å². The lowest BCUT2D eigenvalue weighted by Gasteiger charge is -2.38. The molecule has 0 bridgehead atoms. The van der Waals surface area contributed by atoms with Crippen LogP contribution in [-0.4, -0.2) is 31.0 Å². The van der Waals surface area contributed by atoms with Gasteiger partial charge in [0.1, 0.15) is 6.17 Å². The van der Waals surface area contributed by atoms with Gasteiger partial charge in [0, 0.05) is 11.3 Å². The third kappa shape index (κ3) is 4.16. The average molecular weight is 417 g/mol. The zero-order chi connectivity index (χ0) is 21.8. The minimum atomic E-state index is -0.623. The van der Waals surface area contributed by atoms with Crippen LogP contribution in [0.5, 0.6) is 11.5 Å². The summed E-state index contributed by atoms with van der Waals surface area (Å²) in [6.45, 7) is 0. The number of carbonyl (C=O) groups excluding carboxylic acids is 2. The first-order chi connectivity index (χ1) is 15.1. The number of hydrogen-bond acceptors (Lipinski definition) is 5. The maximum Gasteiger partial charge on any atom is 0.276 e. The summed E-state index contributed by atoms with van der Waals surface area (Å²) in [5.41, 5.74) is 5.56. The van der Waals surface area contributed by atoms with Crippen LogP contribution in [0.3, 0.4) is 0 Å². The molecule has 7 heteroatoms. The normalized spacial score (nSPS) is 15.0. The molecule has 0 saturated heterocycles. The van der Waals surface area contributed by atoms with E-state index in [4.69, 9.17) is 9.47 Å². The number of ether oxygens (including phenoxy) is 2. The highest BCUT2D eigenvalue weighted by atomic mass is 16.5. The molecule has 31 heavy (non-hydrogen) atoms. The SMILES string of the molecule is COc1ccc(C2Nc3ccccc3C(=O)N2NC(=O)Cc2ccccc2)cc1OC. The van der Waals surface area contributed by atoms with Crippen molar-refractivity contribution in [3.63, 3.8) is 0 Å². The third-order valence-electron chi connectivity index (χ3n) is 5.10. The van der Waals surface area contributed by atoms with Crippen molar-refractivity contribution in [1.29, 1.82) is 0 Å². The number of fused-ring (bicyclic) bond motifs is 1. The molecular weight excluding hydrogens is 394 g/mol. The van der Waals surface area contributed by atoms with Crippen LogP contribution in [0.1, 0.15) is 27.7 Å². The number of benzene rings is 3. The fourth-order valence-electron chi connectivity index (χ4n) is 3.58. The topological polar surface area (TPSA) is 79.9 Å². The Labute approximate surface area is 180 Å². The summed E-state index contributed by atoms with van der Waals surface area (Å²) in [5, 5.41) is 4.67. The molecule has 0 aliphatic carbocycles. The fourth-order valence-corrected chi connectivity index (χ4v) is 3.58. The van der Waals surface area contributed by atoms with E-state index in [1.54, 1.807) is 38.5 Å². The highest BCUT2D eigenvalue weighted by Gasteiger charge is 2.34. The van der Waals surface area contributed by atoms with Gasteiger partial charge in [0.2, 0.25) is 5.91 Å². The first kappa shape index (κ1) is 20.3. The van der Waals surface area contributed by atoms with E-state index in [0.29, 0.717) is 22.7 Å². The second-order valence-corrected chi connectivity index (χ2v) is 7.08. The van der Waals surface area contributed by atoms with Crippen LogP contribution in [-0.2, 0) is 11.2 Å². The zero-order valence-electron chi connectivity index (χ0n) is 17.3. The van der Waals surface area contributed by atoms with Crippen molar-refractivity contribution in [3.05, 3.63) is 89.5 Å². The summed E-state index contributed by atoms with van der Waals surface area (Å²) in [6, 6.07) is 22.0. The van der Waals surface area contributed by atoms with Crippen molar-refractivity contribution >= 4 is 17.5 Å². The van der Waals surface area contributed by atoms with Crippen LogP contribution in [0.2, 0.25) is 0 Å². The van der Waals surface area contributed by atoms with Crippen LogP contribution in [0, 0.1) is 0 Å². The van der Waals surface area contributed by atoms with Crippen molar-refractivity contribution in [3.8, 4) is 11.5 Å². The predicted octanol–water partition coefficient (Wildman–Crippen LogP) is 3.54. The van der Waals surface area contributed by atoms with E-state index in [9.17, 15) is 9.59 Å². The van der Waals surface area contributed by atoms with Crippen LogP contribution in [0.15, 0.2) is 72.8 Å². The molecule has 2 N–H and O–H groups in total. The number of amides is 2. The summed E-state index contributed by atoms with van der Waals surface area (Å²) in [6.07, 6.45) is -0.466. The van der Waals surface area contributed by atoms with E-state index in [1.165, 1.54) is 5.01 Å². The largest absolute Gasteiger partial charge is 0.493 e. The Morgan fingerprint density at radius 3 is 2.42 bits per heavy atom. The number of hydrazine groups is 1. The summed E-state index contributed by atoms with van der Waals surface area (Å²) in [5.74, 6) is 0.527. The summed E-state index contributed by atoms with van der Waals surface area (Å²) < 4.78 is 10.7. The average Bonchev–Trinajstić information content (AvgIpc) is 2.81. The molecule has 0 fully saturated rings. The van der Waals surface area contributed by atoms with Gasteiger partial charge in [-0.15, -0.1) is 0 Å². The van der Waals surface area contributed by atoms with Gasteiger partial charge in [-0.25, -0.2) is 5.01 Å². The molecule has 1 atom stereocenters. The number of anilines is 1. The Balaban J connectivity index is 1.67. The number of carbonyl (C=O) groups is 2. The minimum Gasteiger partial charge on any atom is -0.493 e. The number of para-hydroxylation sites is 1. The van der Waals surface area contributed by atoms with Crippen molar-refractivity contribution in [2.24, 2.45) is 0 Å². The molecule has 7 nitrogen and oxygen atoms in total. The lowest BCUT2D eigenvalue weighted by atomic mass is 10.0. The maximum absolute atomic E-state index is 13.3. The molecule has 0 spiro atoms. The fraction of sp³-hybridized carbons (Fsp3) is 0.167.